The Balaban J connectivity index is 1.95. The fourth-order valence-corrected chi connectivity index (χ4v) is 4.01. The molecule has 4 rings (SSSR count). The minimum Gasteiger partial charge on any atom is -0.507 e. The van der Waals surface area contributed by atoms with E-state index >= 15 is 0 Å². The van der Waals surface area contributed by atoms with Crippen molar-refractivity contribution in [3.8, 4) is 0 Å². The quantitative estimate of drug-likeness (QED) is 0.733. The van der Waals surface area contributed by atoms with E-state index in [4.69, 9.17) is 0 Å². The lowest BCUT2D eigenvalue weighted by molar-refractivity contribution is 0.403. The summed E-state index contributed by atoms with van der Waals surface area (Å²) in [7, 11) is 0. The van der Waals surface area contributed by atoms with Gasteiger partial charge in [0.05, 0.1) is 0 Å². The van der Waals surface area contributed by atoms with Gasteiger partial charge in [-0.3, -0.25) is 0 Å². The number of aliphatic hydroxyl groups is 1. The second-order valence-corrected chi connectivity index (χ2v) is 6.14. The summed E-state index contributed by atoms with van der Waals surface area (Å²) in [5, 5.41) is 10.9. The minimum absolute atomic E-state index is 0.415. The van der Waals surface area contributed by atoms with Gasteiger partial charge in [0, 0.05) is 17.1 Å². The summed E-state index contributed by atoms with van der Waals surface area (Å²) in [6.07, 6.45) is 12.3. The first-order valence-electron chi connectivity index (χ1n) is 7.94. The molecule has 0 aliphatic heterocycles. The summed E-state index contributed by atoms with van der Waals surface area (Å²) < 4.78 is 0. The molecule has 0 heterocycles. The van der Waals surface area contributed by atoms with Crippen LogP contribution in [-0.4, -0.2) is 5.11 Å². The van der Waals surface area contributed by atoms with E-state index in [1.54, 1.807) is 5.57 Å². The number of rotatable bonds is 1. The normalized spacial score (nSPS) is 24.6. The maximum Gasteiger partial charge on any atom is 0.127 e. The van der Waals surface area contributed by atoms with Crippen LogP contribution in [0.25, 0.3) is 5.57 Å². The number of hydrogen-bond donors (Lipinski definition) is 1. The van der Waals surface area contributed by atoms with E-state index in [-0.39, 0.29) is 0 Å². The lowest BCUT2D eigenvalue weighted by atomic mass is 9.69. The van der Waals surface area contributed by atoms with Crippen molar-refractivity contribution in [3.63, 3.8) is 0 Å². The molecule has 0 saturated carbocycles. The van der Waals surface area contributed by atoms with Gasteiger partial charge in [-0.25, -0.2) is 0 Å². The Kier molecular flexibility index (Phi) is 3.07. The van der Waals surface area contributed by atoms with Crippen LogP contribution in [-0.2, 0) is 0 Å². The molecule has 1 atom stereocenters. The third kappa shape index (κ3) is 1.99. The molecule has 3 aliphatic rings. The molecule has 0 spiro atoms. The van der Waals surface area contributed by atoms with Crippen molar-refractivity contribution in [1.29, 1.82) is 0 Å². The molecule has 106 valence electrons. The first-order valence-corrected chi connectivity index (χ1v) is 7.94. The maximum atomic E-state index is 10.9. The first kappa shape index (κ1) is 12.7. The van der Waals surface area contributed by atoms with Gasteiger partial charge in [-0.1, -0.05) is 54.1 Å². The SMILES string of the molecule is OC1=C(c2ccccc2)C2=C(CCCC2)C2CC=CC=C12. The largest absolute Gasteiger partial charge is 0.507 e. The molecule has 1 unspecified atom stereocenters. The second-order valence-electron chi connectivity index (χ2n) is 6.14. The highest BCUT2D eigenvalue weighted by Crippen LogP contribution is 2.49. The molecule has 1 aromatic carbocycles. The Morgan fingerprint density at radius 3 is 2.67 bits per heavy atom. The van der Waals surface area contributed by atoms with E-state index in [0.29, 0.717) is 11.7 Å². The standard InChI is InChI=1S/C20H20O/c21-20-18-13-7-5-11-16(18)15-10-4-6-12-17(15)19(20)14-8-2-1-3-9-14/h1-3,5,7-9,13,16,21H,4,6,10-12H2. The molecule has 1 aromatic rings. The molecule has 0 bridgehead atoms. The zero-order valence-electron chi connectivity index (χ0n) is 12.2. The molecule has 21 heavy (non-hydrogen) atoms. The Morgan fingerprint density at radius 2 is 1.81 bits per heavy atom. The van der Waals surface area contributed by atoms with Crippen LogP contribution in [0.15, 0.2) is 71.0 Å². The van der Waals surface area contributed by atoms with E-state index in [1.807, 2.05) is 6.07 Å². The molecule has 1 heteroatoms. The summed E-state index contributed by atoms with van der Waals surface area (Å²) in [6, 6.07) is 10.4. The van der Waals surface area contributed by atoms with Crippen LogP contribution in [0, 0.1) is 5.92 Å². The predicted molar refractivity (Wildman–Crippen MR) is 86.8 cm³/mol. The lowest BCUT2D eigenvalue weighted by Gasteiger charge is -2.36. The van der Waals surface area contributed by atoms with Crippen molar-refractivity contribution < 1.29 is 5.11 Å². The topological polar surface area (TPSA) is 20.2 Å². The Hall–Kier alpha value is -2.02. The van der Waals surface area contributed by atoms with E-state index in [2.05, 4.69) is 42.5 Å². The zero-order chi connectivity index (χ0) is 14.2. The third-order valence-electron chi connectivity index (χ3n) is 4.96. The molecule has 0 fully saturated rings. The highest BCUT2D eigenvalue weighted by atomic mass is 16.3. The van der Waals surface area contributed by atoms with Gasteiger partial charge in [-0.15, -0.1) is 0 Å². The minimum atomic E-state index is 0.415. The summed E-state index contributed by atoms with van der Waals surface area (Å²) in [6.45, 7) is 0. The monoisotopic (exact) mass is 276 g/mol. The van der Waals surface area contributed by atoms with Gasteiger partial charge >= 0.3 is 0 Å². The van der Waals surface area contributed by atoms with Gasteiger partial charge in [-0.2, -0.15) is 0 Å². The second kappa shape index (κ2) is 5.07. The van der Waals surface area contributed by atoms with Crippen LogP contribution in [0.4, 0.5) is 0 Å². The Labute approximate surface area is 126 Å². The van der Waals surface area contributed by atoms with Crippen molar-refractivity contribution in [2.24, 2.45) is 5.92 Å². The van der Waals surface area contributed by atoms with Crippen molar-refractivity contribution in [2.45, 2.75) is 32.1 Å². The molecule has 1 nitrogen and oxygen atoms in total. The fraction of sp³-hybridized carbons (Fsp3) is 0.300. The number of aliphatic hydroxyl groups excluding tert-OH is 1. The highest BCUT2D eigenvalue weighted by Gasteiger charge is 2.34. The van der Waals surface area contributed by atoms with E-state index < -0.39 is 0 Å². The van der Waals surface area contributed by atoms with Gasteiger partial charge in [0.15, 0.2) is 0 Å². The van der Waals surface area contributed by atoms with Crippen LogP contribution in [0.1, 0.15) is 37.7 Å². The van der Waals surface area contributed by atoms with Crippen molar-refractivity contribution in [1.82, 2.24) is 0 Å². The molecular weight excluding hydrogens is 256 g/mol. The number of allylic oxidation sites excluding steroid dienone is 7. The summed E-state index contributed by atoms with van der Waals surface area (Å²) >= 11 is 0. The molecule has 3 aliphatic carbocycles. The molecule has 0 saturated heterocycles. The molecular formula is C20H20O. The van der Waals surface area contributed by atoms with Crippen molar-refractivity contribution in [3.05, 3.63) is 76.6 Å². The summed E-state index contributed by atoms with van der Waals surface area (Å²) in [4.78, 5) is 0. The van der Waals surface area contributed by atoms with Gasteiger partial charge in [0.25, 0.3) is 0 Å². The van der Waals surface area contributed by atoms with Crippen LogP contribution in [0.5, 0.6) is 0 Å². The van der Waals surface area contributed by atoms with E-state index in [9.17, 15) is 5.11 Å². The van der Waals surface area contributed by atoms with Gasteiger partial charge in [-0.05, 0) is 43.2 Å². The van der Waals surface area contributed by atoms with Crippen molar-refractivity contribution >= 4 is 5.57 Å². The third-order valence-corrected chi connectivity index (χ3v) is 4.96. The van der Waals surface area contributed by atoms with Crippen LogP contribution in [0.2, 0.25) is 0 Å². The lowest BCUT2D eigenvalue weighted by Crippen LogP contribution is -2.21. The van der Waals surface area contributed by atoms with E-state index in [1.165, 1.54) is 24.8 Å². The molecule has 0 aromatic heterocycles. The summed E-state index contributed by atoms with van der Waals surface area (Å²) in [5.41, 5.74) is 6.36. The average Bonchev–Trinajstić information content (AvgIpc) is 2.56. The smallest absolute Gasteiger partial charge is 0.127 e. The predicted octanol–water partition coefficient (Wildman–Crippen LogP) is 5.34. The maximum absolute atomic E-state index is 10.9. The van der Waals surface area contributed by atoms with Gasteiger partial charge < -0.3 is 5.11 Å². The first-order chi connectivity index (χ1) is 10.4. The fourth-order valence-electron chi connectivity index (χ4n) is 4.01. The Morgan fingerprint density at radius 1 is 1.00 bits per heavy atom. The Bertz CT molecular complexity index is 686. The van der Waals surface area contributed by atoms with Gasteiger partial charge in [0.1, 0.15) is 5.76 Å². The molecule has 1 N–H and O–H groups in total. The van der Waals surface area contributed by atoms with Crippen LogP contribution >= 0.6 is 0 Å². The van der Waals surface area contributed by atoms with Crippen LogP contribution < -0.4 is 0 Å². The van der Waals surface area contributed by atoms with Gasteiger partial charge in [0.2, 0.25) is 0 Å². The molecule has 0 radical (unpaired) electrons. The summed E-state index contributed by atoms with van der Waals surface area (Å²) in [5.74, 6) is 0.925. The number of benzene rings is 1. The van der Waals surface area contributed by atoms with Crippen molar-refractivity contribution in [2.75, 3.05) is 0 Å². The van der Waals surface area contributed by atoms with E-state index in [0.717, 1.165) is 29.6 Å². The van der Waals surface area contributed by atoms with Crippen LogP contribution in [0.3, 0.4) is 0 Å². The molecule has 0 amide bonds. The number of hydrogen-bond acceptors (Lipinski definition) is 1. The number of fused-ring (bicyclic) bond motifs is 2. The highest BCUT2D eigenvalue weighted by molar-refractivity contribution is 5.86. The average molecular weight is 276 g/mol. The zero-order valence-corrected chi connectivity index (χ0v) is 12.2.